The number of hydrogen-bond acceptors (Lipinski definition) is 3. The van der Waals surface area contributed by atoms with E-state index in [1.54, 1.807) is 17.0 Å². The van der Waals surface area contributed by atoms with Gasteiger partial charge in [0.15, 0.2) is 0 Å². The highest BCUT2D eigenvalue weighted by Crippen LogP contribution is 2.27. The van der Waals surface area contributed by atoms with Gasteiger partial charge < -0.3 is 14.7 Å². The minimum Gasteiger partial charge on any atom is -0.490 e. The van der Waals surface area contributed by atoms with Crippen LogP contribution in [0.1, 0.15) is 55.8 Å². The quantitative estimate of drug-likeness (QED) is 0.919. The van der Waals surface area contributed by atoms with Gasteiger partial charge in [-0.05, 0) is 63.6 Å². The second-order valence-corrected chi connectivity index (χ2v) is 6.97. The van der Waals surface area contributed by atoms with Crippen molar-refractivity contribution >= 4 is 11.9 Å². The number of carboxylic acid groups (broad SMARTS) is 1. The van der Waals surface area contributed by atoms with Crippen LogP contribution in [0, 0.1) is 5.92 Å². The molecule has 1 amide bonds. The third-order valence-electron chi connectivity index (χ3n) is 5.18. The SMILES string of the molecule is CC1CCC(C(=O)O)CN1C(=O)c1cccc(OC2CCCC2)c1. The van der Waals surface area contributed by atoms with E-state index in [2.05, 4.69) is 0 Å². The fourth-order valence-corrected chi connectivity index (χ4v) is 3.66. The smallest absolute Gasteiger partial charge is 0.308 e. The lowest BCUT2D eigenvalue weighted by Gasteiger charge is -2.36. The summed E-state index contributed by atoms with van der Waals surface area (Å²) in [6.45, 7) is 2.26. The van der Waals surface area contributed by atoms with E-state index in [4.69, 9.17) is 4.74 Å². The molecule has 1 heterocycles. The number of carbonyl (C=O) groups is 2. The number of ether oxygens (including phenoxy) is 1. The first-order chi connectivity index (χ1) is 11.5. The summed E-state index contributed by atoms with van der Waals surface area (Å²) in [4.78, 5) is 25.8. The molecule has 2 atom stereocenters. The molecule has 2 aliphatic rings. The monoisotopic (exact) mass is 331 g/mol. The summed E-state index contributed by atoms with van der Waals surface area (Å²) < 4.78 is 5.97. The van der Waals surface area contributed by atoms with E-state index in [0.717, 1.165) is 25.0 Å². The van der Waals surface area contributed by atoms with Crippen molar-refractivity contribution in [2.45, 2.75) is 57.6 Å². The molecule has 130 valence electrons. The van der Waals surface area contributed by atoms with E-state index in [-0.39, 0.29) is 24.6 Å². The van der Waals surface area contributed by atoms with Crippen molar-refractivity contribution in [1.29, 1.82) is 0 Å². The van der Waals surface area contributed by atoms with Crippen molar-refractivity contribution in [3.05, 3.63) is 29.8 Å². The van der Waals surface area contributed by atoms with Crippen molar-refractivity contribution in [3.8, 4) is 5.75 Å². The van der Waals surface area contributed by atoms with E-state index in [0.29, 0.717) is 12.0 Å². The minimum atomic E-state index is -0.821. The van der Waals surface area contributed by atoms with Gasteiger partial charge in [0.1, 0.15) is 5.75 Å². The lowest BCUT2D eigenvalue weighted by atomic mass is 9.93. The van der Waals surface area contributed by atoms with Crippen LogP contribution in [0.2, 0.25) is 0 Å². The van der Waals surface area contributed by atoms with Crippen molar-refractivity contribution in [1.82, 2.24) is 4.90 Å². The Bertz CT molecular complexity index is 609. The van der Waals surface area contributed by atoms with Crippen molar-refractivity contribution in [2.24, 2.45) is 5.92 Å². The Kier molecular flexibility index (Phi) is 5.07. The van der Waals surface area contributed by atoms with Crippen molar-refractivity contribution in [2.75, 3.05) is 6.54 Å². The van der Waals surface area contributed by atoms with Crippen LogP contribution in [0.15, 0.2) is 24.3 Å². The lowest BCUT2D eigenvalue weighted by Crippen LogP contribution is -2.47. The first-order valence-electron chi connectivity index (χ1n) is 8.85. The number of piperidine rings is 1. The van der Waals surface area contributed by atoms with E-state index >= 15 is 0 Å². The molecule has 1 aliphatic carbocycles. The molecule has 3 rings (SSSR count). The van der Waals surface area contributed by atoms with Gasteiger partial charge in [0.05, 0.1) is 12.0 Å². The van der Waals surface area contributed by atoms with Gasteiger partial charge in [0.2, 0.25) is 0 Å². The van der Waals surface area contributed by atoms with Gasteiger partial charge in [-0.3, -0.25) is 9.59 Å². The molecule has 1 aromatic carbocycles. The molecule has 0 aromatic heterocycles. The Morgan fingerprint density at radius 2 is 1.92 bits per heavy atom. The van der Waals surface area contributed by atoms with Crippen LogP contribution < -0.4 is 4.74 Å². The summed E-state index contributed by atoms with van der Waals surface area (Å²) in [7, 11) is 0. The number of aliphatic carboxylic acids is 1. The number of likely N-dealkylation sites (tertiary alicyclic amines) is 1. The van der Waals surface area contributed by atoms with Crippen LogP contribution in [0.4, 0.5) is 0 Å². The highest BCUT2D eigenvalue weighted by atomic mass is 16.5. The Balaban J connectivity index is 1.72. The summed E-state index contributed by atoms with van der Waals surface area (Å²) in [5.41, 5.74) is 0.573. The normalized spacial score (nSPS) is 24.8. The summed E-state index contributed by atoms with van der Waals surface area (Å²) >= 11 is 0. The van der Waals surface area contributed by atoms with Crippen LogP contribution >= 0.6 is 0 Å². The van der Waals surface area contributed by atoms with Crippen LogP contribution in [0.5, 0.6) is 5.75 Å². The number of rotatable bonds is 4. The topological polar surface area (TPSA) is 66.8 Å². The summed E-state index contributed by atoms with van der Waals surface area (Å²) in [5, 5.41) is 9.24. The first kappa shape index (κ1) is 16.8. The highest BCUT2D eigenvalue weighted by Gasteiger charge is 2.33. The third kappa shape index (κ3) is 3.71. The molecule has 1 saturated carbocycles. The number of benzene rings is 1. The maximum Gasteiger partial charge on any atom is 0.308 e. The lowest BCUT2D eigenvalue weighted by molar-refractivity contribution is -0.143. The molecule has 1 aromatic rings. The van der Waals surface area contributed by atoms with Crippen LogP contribution in [0.3, 0.4) is 0 Å². The van der Waals surface area contributed by atoms with Gasteiger partial charge in [-0.15, -0.1) is 0 Å². The molecule has 0 radical (unpaired) electrons. The van der Waals surface area contributed by atoms with Crippen molar-refractivity contribution in [3.63, 3.8) is 0 Å². The fraction of sp³-hybridized carbons (Fsp3) is 0.579. The van der Waals surface area contributed by atoms with Gasteiger partial charge in [0, 0.05) is 18.2 Å². The number of carbonyl (C=O) groups excluding carboxylic acids is 1. The first-order valence-corrected chi connectivity index (χ1v) is 8.85. The second kappa shape index (κ2) is 7.24. The largest absolute Gasteiger partial charge is 0.490 e. The molecular formula is C19H25NO4. The Morgan fingerprint density at radius 3 is 2.62 bits per heavy atom. The molecule has 2 fully saturated rings. The van der Waals surface area contributed by atoms with Gasteiger partial charge in [-0.25, -0.2) is 0 Å². The predicted molar refractivity (Wildman–Crippen MR) is 90.2 cm³/mol. The number of carboxylic acids is 1. The van der Waals surface area contributed by atoms with E-state index < -0.39 is 11.9 Å². The molecule has 1 N–H and O–H groups in total. The van der Waals surface area contributed by atoms with E-state index in [9.17, 15) is 14.7 Å². The van der Waals surface area contributed by atoms with Gasteiger partial charge in [-0.1, -0.05) is 6.07 Å². The van der Waals surface area contributed by atoms with Crippen LogP contribution in [-0.2, 0) is 4.79 Å². The molecule has 1 saturated heterocycles. The summed E-state index contributed by atoms with van der Waals surface area (Å²) in [6.07, 6.45) is 6.15. The molecule has 1 aliphatic heterocycles. The average molecular weight is 331 g/mol. The maximum atomic E-state index is 12.8. The molecule has 5 nitrogen and oxygen atoms in total. The molecule has 0 bridgehead atoms. The number of amides is 1. The third-order valence-corrected chi connectivity index (χ3v) is 5.18. The van der Waals surface area contributed by atoms with E-state index in [1.807, 2.05) is 19.1 Å². The zero-order valence-electron chi connectivity index (χ0n) is 14.1. The standard InChI is InChI=1S/C19H25NO4/c1-13-9-10-15(19(22)23)12-20(13)18(21)14-5-4-8-17(11-14)24-16-6-2-3-7-16/h4-5,8,11,13,15-16H,2-3,6-7,9-10,12H2,1H3,(H,22,23). The fourth-order valence-electron chi connectivity index (χ4n) is 3.66. The van der Waals surface area contributed by atoms with Crippen molar-refractivity contribution < 1.29 is 19.4 Å². The van der Waals surface area contributed by atoms with E-state index in [1.165, 1.54) is 12.8 Å². The summed E-state index contributed by atoms with van der Waals surface area (Å²) in [6, 6.07) is 7.35. The maximum absolute atomic E-state index is 12.8. The second-order valence-electron chi connectivity index (χ2n) is 6.97. The zero-order valence-corrected chi connectivity index (χ0v) is 14.1. The molecule has 0 spiro atoms. The number of nitrogens with zero attached hydrogens (tertiary/aromatic N) is 1. The zero-order chi connectivity index (χ0) is 17.1. The van der Waals surface area contributed by atoms with Crippen LogP contribution in [0.25, 0.3) is 0 Å². The van der Waals surface area contributed by atoms with Gasteiger partial charge in [0.25, 0.3) is 5.91 Å². The highest BCUT2D eigenvalue weighted by molar-refractivity contribution is 5.95. The minimum absolute atomic E-state index is 0.0625. The van der Waals surface area contributed by atoms with Gasteiger partial charge >= 0.3 is 5.97 Å². The molecule has 2 unspecified atom stereocenters. The average Bonchev–Trinajstić information content (AvgIpc) is 3.07. The molecule has 5 heteroatoms. The van der Waals surface area contributed by atoms with Crippen LogP contribution in [-0.4, -0.2) is 40.6 Å². The Morgan fingerprint density at radius 1 is 1.17 bits per heavy atom. The Labute approximate surface area is 142 Å². The van der Waals surface area contributed by atoms with Gasteiger partial charge in [-0.2, -0.15) is 0 Å². The molecule has 24 heavy (non-hydrogen) atoms. The summed E-state index contributed by atoms with van der Waals surface area (Å²) in [5.74, 6) is -0.668. The predicted octanol–water partition coefficient (Wildman–Crippen LogP) is 3.33. The molecular weight excluding hydrogens is 306 g/mol. The number of hydrogen-bond donors (Lipinski definition) is 1. The Hall–Kier alpha value is -2.04.